The van der Waals surface area contributed by atoms with Crippen LogP contribution in [-0.2, 0) is 4.79 Å². The quantitative estimate of drug-likeness (QED) is 0.836. The molecule has 0 aliphatic heterocycles. The minimum Gasteiger partial charge on any atom is -0.332 e. The Bertz CT molecular complexity index is 702. The van der Waals surface area contributed by atoms with Crippen molar-refractivity contribution in [3.05, 3.63) is 65.5 Å². The highest BCUT2D eigenvalue weighted by Crippen LogP contribution is 2.18. The standard InChI is InChI=1S/C18H19F3N2O/c1-11(2)18(12-3-5-13(19)6-4-12)22-10-17(24)23-16-8-7-14(20)9-15(16)21/h3-9,11,18,22H,10H2,1-2H3,(H,23,24)/p+1/t18-/m0/s1. The van der Waals surface area contributed by atoms with Gasteiger partial charge in [-0.05, 0) is 24.3 Å². The summed E-state index contributed by atoms with van der Waals surface area (Å²) in [5, 5.41) is 4.23. The Labute approximate surface area is 138 Å². The van der Waals surface area contributed by atoms with Crippen LogP contribution in [0.2, 0.25) is 0 Å². The van der Waals surface area contributed by atoms with Crippen molar-refractivity contribution in [2.45, 2.75) is 19.9 Å². The van der Waals surface area contributed by atoms with Crippen LogP contribution in [0.4, 0.5) is 18.9 Å². The summed E-state index contributed by atoms with van der Waals surface area (Å²) in [4.78, 5) is 12.0. The summed E-state index contributed by atoms with van der Waals surface area (Å²) in [6.45, 7) is 4.07. The smallest absolute Gasteiger partial charge is 0.279 e. The summed E-state index contributed by atoms with van der Waals surface area (Å²) < 4.78 is 39.4. The molecule has 3 N–H and O–H groups in total. The van der Waals surface area contributed by atoms with Gasteiger partial charge in [0.25, 0.3) is 5.91 Å². The molecule has 0 aliphatic rings. The number of rotatable bonds is 6. The first-order valence-electron chi connectivity index (χ1n) is 7.70. The SMILES string of the molecule is CC(C)[C@H]([NH2+]CC(=O)Nc1ccc(F)cc1F)c1ccc(F)cc1. The second-order valence-electron chi connectivity index (χ2n) is 5.93. The van der Waals surface area contributed by atoms with Gasteiger partial charge in [0, 0.05) is 17.5 Å². The fourth-order valence-electron chi connectivity index (χ4n) is 2.50. The van der Waals surface area contributed by atoms with Crippen molar-refractivity contribution in [1.82, 2.24) is 0 Å². The summed E-state index contributed by atoms with van der Waals surface area (Å²) in [5.74, 6) is -2.01. The van der Waals surface area contributed by atoms with E-state index < -0.39 is 17.5 Å². The van der Waals surface area contributed by atoms with Gasteiger partial charge >= 0.3 is 0 Å². The molecule has 6 heteroatoms. The molecule has 2 aromatic rings. The van der Waals surface area contributed by atoms with Crippen LogP contribution < -0.4 is 10.6 Å². The van der Waals surface area contributed by atoms with Crippen LogP contribution >= 0.6 is 0 Å². The first kappa shape index (κ1) is 18.0. The maximum Gasteiger partial charge on any atom is 0.279 e. The molecule has 0 aromatic heterocycles. The van der Waals surface area contributed by atoms with Crippen molar-refractivity contribution in [2.24, 2.45) is 5.92 Å². The molecule has 3 nitrogen and oxygen atoms in total. The van der Waals surface area contributed by atoms with Gasteiger partial charge in [-0.1, -0.05) is 26.0 Å². The number of carbonyl (C=O) groups is 1. The highest BCUT2D eigenvalue weighted by atomic mass is 19.1. The molecular formula is C18H20F3N2O+. The van der Waals surface area contributed by atoms with E-state index in [0.717, 1.165) is 17.7 Å². The van der Waals surface area contributed by atoms with Crippen LogP contribution in [0.3, 0.4) is 0 Å². The van der Waals surface area contributed by atoms with E-state index in [4.69, 9.17) is 0 Å². The van der Waals surface area contributed by atoms with E-state index in [1.807, 2.05) is 19.2 Å². The molecule has 0 bridgehead atoms. The van der Waals surface area contributed by atoms with Crippen LogP contribution in [-0.4, -0.2) is 12.5 Å². The number of benzene rings is 2. The largest absolute Gasteiger partial charge is 0.332 e. The van der Waals surface area contributed by atoms with Gasteiger partial charge < -0.3 is 10.6 Å². The lowest BCUT2D eigenvalue weighted by molar-refractivity contribution is -0.692. The molecule has 2 aromatic carbocycles. The van der Waals surface area contributed by atoms with Crippen molar-refractivity contribution in [2.75, 3.05) is 11.9 Å². The van der Waals surface area contributed by atoms with E-state index in [1.54, 1.807) is 12.1 Å². The fraction of sp³-hybridized carbons (Fsp3) is 0.278. The third-order valence-electron chi connectivity index (χ3n) is 3.74. The van der Waals surface area contributed by atoms with E-state index in [9.17, 15) is 18.0 Å². The third kappa shape index (κ3) is 4.83. The summed E-state index contributed by atoms with van der Waals surface area (Å²) in [6, 6.07) is 9.09. The van der Waals surface area contributed by atoms with Crippen molar-refractivity contribution in [3.8, 4) is 0 Å². The summed E-state index contributed by atoms with van der Waals surface area (Å²) >= 11 is 0. The molecular weight excluding hydrogens is 317 g/mol. The van der Waals surface area contributed by atoms with E-state index in [0.29, 0.717) is 0 Å². The molecule has 128 valence electrons. The lowest BCUT2D eigenvalue weighted by atomic mass is 9.96. The molecule has 1 atom stereocenters. The normalized spacial score (nSPS) is 12.2. The molecule has 0 unspecified atom stereocenters. The third-order valence-corrected chi connectivity index (χ3v) is 3.74. The predicted octanol–water partition coefficient (Wildman–Crippen LogP) is 3.00. The summed E-state index contributed by atoms with van der Waals surface area (Å²) in [6.07, 6.45) is 0. The first-order chi connectivity index (χ1) is 11.4. The predicted molar refractivity (Wildman–Crippen MR) is 85.8 cm³/mol. The van der Waals surface area contributed by atoms with Crippen LogP contribution in [0.15, 0.2) is 42.5 Å². The molecule has 1 amide bonds. The second kappa shape index (κ2) is 7.97. The highest BCUT2D eigenvalue weighted by molar-refractivity contribution is 5.91. The van der Waals surface area contributed by atoms with Gasteiger partial charge in [-0.3, -0.25) is 4.79 Å². The molecule has 0 aliphatic carbocycles. The number of anilines is 1. The number of hydrogen-bond donors (Lipinski definition) is 2. The number of nitrogens with two attached hydrogens (primary N) is 1. The van der Waals surface area contributed by atoms with Crippen molar-refractivity contribution < 1.29 is 23.3 Å². The number of hydrogen-bond acceptors (Lipinski definition) is 1. The fourth-order valence-corrected chi connectivity index (χ4v) is 2.50. The molecule has 0 saturated heterocycles. The lowest BCUT2D eigenvalue weighted by Gasteiger charge is -2.19. The average molecular weight is 337 g/mol. The Morgan fingerprint density at radius 3 is 2.25 bits per heavy atom. The number of halogens is 3. The van der Waals surface area contributed by atoms with Crippen LogP contribution in [0.1, 0.15) is 25.5 Å². The topological polar surface area (TPSA) is 45.7 Å². The van der Waals surface area contributed by atoms with E-state index in [1.165, 1.54) is 18.2 Å². The molecule has 2 rings (SSSR count). The van der Waals surface area contributed by atoms with E-state index in [2.05, 4.69) is 5.32 Å². The molecule has 0 radical (unpaired) electrons. The van der Waals surface area contributed by atoms with Gasteiger partial charge in [0.2, 0.25) is 0 Å². The minimum absolute atomic E-state index is 0.0329. The van der Waals surface area contributed by atoms with E-state index in [-0.39, 0.29) is 30.0 Å². The second-order valence-corrected chi connectivity index (χ2v) is 5.93. The van der Waals surface area contributed by atoms with Gasteiger partial charge in [-0.2, -0.15) is 0 Å². The zero-order valence-corrected chi connectivity index (χ0v) is 13.5. The number of quaternary nitrogens is 1. The van der Waals surface area contributed by atoms with Gasteiger partial charge in [0.05, 0.1) is 5.69 Å². The Morgan fingerprint density at radius 1 is 1.04 bits per heavy atom. The monoisotopic (exact) mass is 337 g/mol. The van der Waals surface area contributed by atoms with Crippen molar-refractivity contribution >= 4 is 11.6 Å². The average Bonchev–Trinajstić information content (AvgIpc) is 2.52. The van der Waals surface area contributed by atoms with E-state index >= 15 is 0 Å². The van der Waals surface area contributed by atoms with Crippen molar-refractivity contribution in [1.29, 1.82) is 0 Å². The molecule has 0 saturated carbocycles. The number of amides is 1. The van der Waals surface area contributed by atoms with Gasteiger partial charge in [0.1, 0.15) is 23.5 Å². The Morgan fingerprint density at radius 2 is 1.67 bits per heavy atom. The summed E-state index contributed by atoms with van der Waals surface area (Å²) in [5.41, 5.74) is 0.852. The van der Waals surface area contributed by atoms with Gasteiger partial charge in [-0.15, -0.1) is 0 Å². The first-order valence-corrected chi connectivity index (χ1v) is 7.70. The highest BCUT2D eigenvalue weighted by Gasteiger charge is 2.21. The van der Waals surface area contributed by atoms with Gasteiger partial charge in [0.15, 0.2) is 6.54 Å². The Hall–Kier alpha value is -2.34. The van der Waals surface area contributed by atoms with Crippen LogP contribution in [0, 0.1) is 23.4 Å². The lowest BCUT2D eigenvalue weighted by Crippen LogP contribution is -2.88. The summed E-state index contributed by atoms with van der Waals surface area (Å²) in [7, 11) is 0. The molecule has 0 fully saturated rings. The van der Waals surface area contributed by atoms with Crippen LogP contribution in [0.5, 0.6) is 0 Å². The maximum absolute atomic E-state index is 13.5. The zero-order valence-electron chi connectivity index (χ0n) is 13.5. The van der Waals surface area contributed by atoms with Crippen molar-refractivity contribution in [3.63, 3.8) is 0 Å². The Kier molecular flexibility index (Phi) is 5.98. The maximum atomic E-state index is 13.5. The molecule has 24 heavy (non-hydrogen) atoms. The minimum atomic E-state index is -0.817. The zero-order chi connectivity index (χ0) is 17.7. The van der Waals surface area contributed by atoms with Gasteiger partial charge in [-0.25, -0.2) is 13.2 Å². The molecule has 0 heterocycles. The molecule has 0 spiro atoms. The Balaban J connectivity index is 1.98. The van der Waals surface area contributed by atoms with Crippen LogP contribution in [0.25, 0.3) is 0 Å². The number of carbonyl (C=O) groups excluding carboxylic acids is 1. The number of nitrogens with one attached hydrogen (secondary N) is 1.